The first-order valence-electron chi connectivity index (χ1n) is 7.14. The standard InChI is InChI=1S/C16H12Cl2N2O4S/c1-9-8-25-16-19-11(5-14(21)20(9)16)6-24-15(22)7-23-13-3-2-10(17)4-12(13)18/h2-5,8H,6-7H2,1H3. The second-order valence-electron chi connectivity index (χ2n) is 5.10. The highest BCUT2D eigenvalue weighted by molar-refractivity contribution is 7.15. The van der Waals surface area contributed by atoms with Crippen LogP contribution in [-0.4, -0.2) is 22.0 Å². The minimum atomic E-state index is -0.602. The summed E-state index contributed by atoms with van der Waals surface area (Å²) in [5, 5.41) is 2.61. The quantitative estimate of drug-likeness (QED) is 0.615. The Morgan fingerprint density at radius 2 is 2.12 bits per heavy atom. The average Bonchev–Trinajstić information content (AvgIpc) is 2.93. The molecule has 0 saturated carbocycles. The van der Waals surface area contributed by atoms with Crippen LogP contribution in [0.25, 0.3) is 4.96 Å². The molecule has 0 aliphatic heterocycles. The van der Waals surface area contributed by atoms with Gasteiger partial charge in [-0.15, -0.1) is 11.3 Å². The van der Waals surface area contributed by atoms with Crippen LogP contribution < -0.4 is 10.3 Å². The lowest BCUT2D eigenvalue weighted by molar-refractivity contribution is -0.147. The molecule has 9 heteroatoms. The zero-order chi connectivity index (χ0) is 18.0. The van der Waals surface area contributed by atoms with Crippen molar-refractivity contribution in [3.05, 3.63) is 61.4 Å². The average molecular weight is 399 g/mol. The molecule has 130 valence electrons. The Bertz CT molecular complexity index is 999. The van der Waals surface area contributed by atoms with E-state index in [1.54, 1.807) is 12.1 Å². The van der Waals surface area contributed by atoms with E-state index in [2.05, 4.69) is 4.98 Å². The van der Waals surface area contributed by atoms with Gasteiger partial charge in [0.15, 0.2) is 11.6 Å². The van der Waals surface area contributed by atoms with Gasteiger partial charge in [-0.1, -0.05) is 23.2 Å². The number of carbonyl (C=O) groups is 1. The van der Waals surface area contributed by atoms with Gasteiger partial charge in [0.25, 0.3) is 5.56 Å². The van der Waals surface area contributed by atoms with Crippen molar-refractivity contribution in [3.8, 4) is 5.75 Å². The molecule has 0 atom stereocenters. The van der Waals surface area contributed by atoms with Crippen LogP contribution in [-0.2, 0) is 16.1 Å². The maximum absolute atomic E-state index is 12.0. The lowest BCUT2D eigenvalue weighted by Gasteiger charge is -2.08. The van der Waals surface area contributed by atoms with E-state index in [4.69, 9.17) is 32.7 Å². The van der Waals surface area contributed by atoms with E-state index in [9.17, 15) is 9.59 Å². The van der Waals surface area contributed by atoms with Gasteiger partial charge in [0.1, 0.15) is 12.4 Å². The van der Waals surface area contributed by atoms with Crippen LogP contribution in [0.1, 0.15) is 11.4 Å². The highest BCUT2D eigenvalue weighted by Crippen LogP contribution is 2.27. The molecule has 25 heavy (non-hydrogen) atoms. The Hall–Kier alpha value is -2.09. The molecule has 0 aliphatic carbocycles. The van der Waals surface area contributed by atoms with E-state index in [0.717, 1.165) is 5.69 Å². The predicted molar refractivity (Wildman–Crippen MR) is 95.8 cm³/mol. The Labute approximate surface area is 156 Å². The monoisotopic (exact) mass is 398 g/mol. The summed E-state index contributed by atoms with van der Waals surface area (Å²) in [6, 6.07) is 6.02. The van der Waals surface area contributed by atoms with Crippen LogP contribution in [0.2, 0.25) is 10.0 Å². The molecule has 2 aromatic heterocycles. The molecule has 0 unspecified atom stereocenters. The number of benzene rings is 1. The summed E-state index contributed by atoms with van der Waals surface area (Å²) in [5.41, 5.74) is 0.984. The molecular formula is C16H12Cl2N2O4S. The van der Waals surface area contributed by atoms with Gasteiger partial charge in [-0.3, -0.25) is 9.20 Å². The van der Waals surface area contributed by atoms with Crippen molar-refractivity contribution < 1.29 is 14.3 Å². The van der Waals surface area contributed by atoms with E-state index in [1.165, 1.54) is 27.9 Å². The third-order valence-electron chi connectivity index (χ3n) is 3.25. The lowest BCUT2D eigenvalue weighted by atomic mass is 10.3. The summed E-state index contributed by atoms with van der Waals surface area (Å²) in [6.45, 7) is 1.39. The number of thiazole rings is 1. The van der Waals surface area contributed by atoms with Gasteiger partial charge in [0.2, 0.25) is 0 Å². The van der Waals surface area contributed by atoms with Crippen molar-refractivity contribution in [1.82, 2.24) is 9.38 Å². The number of ether oxygens (including phenoxy) is 2. The van der Waals surface area contributed by atoms with Crippen molar-refractivity contribution in [3.63, 3.8) is 0 Å². The minimum absolute atomic E-state index is 0.112. The van der Waals surface area contributed by atoms with Crippen LogP contribution in [0.3, 0.4) is 0 Å². The number of aromatic nitrogens is 2. The number of esters is 1. The number of nitrogens with zero attached hydrogens (tertiary/aromatic N) is 2. The van der Waals surface area contributed by atoms with Gasteiger partial charge in [-0.25, -0.2) is 9.78 Å². The Morgan fingerprint density at radius 1 is 1.32 bits per heavy atom. The van der Waals surface area contributed by atoms with Crippen LogP contribution in [0.15, 0.2) is 34.4 Å². The minimum Gasteiger partial charge on any atom is -0.480 e. The van der Waals surface area contributed by atoms with Crippen LogP contribution in [0.5, 0.6) is 5.75 Å². The number of fused-ring (bicyclic) bond motifs is 1. The normalized spacial score (nSPS) is 10.8. The number of aryl methyl sites for hydroxylation is 1. The summed E-state index contributed by atoms with van der Waals surface area (Å²) in [5.74, 6) is -0.273. The summed E-state index contributed by atoms with van der Waals surface area (Å²) in [6.07, 6.45) is 0. The fourth-order valence-corrected chi connectivity index (χ4v) is 3.45. The zero-order valence-electron chi connectivity index (χ0n) is 13.0. The largest absolute Gasteiger partial charge is 0.480 e. The van der Waals surface area contributed by atoms with Gasteiger partial charge in [0, 0.05) is 22.2 Å². The van der Waals surface area contributed by atoms with E-state index >= 15 is 0 Å². The van der Waals surface area contributed by atoms with Gasteiger partial charge in [-0.05, 0) is 25.1 Å². The van der Waals surface area contributed by atoms with Gasteiger partial charge >= 0.3 is 5.97 Å². The molecule has 2 heterocycles. The molecule has 0 amide bonds. The number of hydrogen-bond acceptors (Lipinski definition) is 6. The second-order valence-corrected chi connectivity index (χ2v) is 6.79. The number of halogens is 2. The Balaban J connectivity index is 1.60. The predicted octanol–water partition coefficient (Wildman–Crippen LogP) is 3.49. The first-order valence-corrected chi connectivity index (χ1v) is 8.78. The molecular weight excluding hydrogens is 387 g/mol. The Morgan fingerprint density at radius 3 is 2.88 bits per heavy atom. The molecule has 0 fully saturated rings. The van der Waals surface area contributed by atoms with E-state index in [-0.39, 0.29) is 18.8 Å². The second kappa shape index (κ2) is 7.43. The third kappa shape index (κ3) is 4.12. The highest BCUT2D eigenvalue weighted by atomic mass is 35.5. The molecule has 0 spiro atoms. The summed E-state index contributed by atoms with van der Waals surface area (Å²) >= 11 is 13.1. The van der Waals surface area contributed by atoms with Crippen LogP contribution in [0.4, 0.5) is 0 Å². The molecule has 0 radical (unpaired) electrons. The first-order chi connectivity index (χ1) is 11.9. The fourth-order valence-electron chi connectivity index (χ4n) is 2.10. The lowest BCUT2D eigenvalue weighted by Crippen LogP contribution is -2.18. The van der Waals surface area contributed by atoms with Crippen molar-refractivity contribution in [2.75, 3.05) is 6.61 Å². The maximum atomic E-state index is 12.0. The van der Waals surface area contributed by atoms with Crippen molar-refractivity contribution in [2.45, 2.75) is 13.5 Å². The SMILES string of the molecule is Cc1csc2nc(COC(=O)COc3ccc(Cl)cc3Cl)cc(=O)n12. The number of carbonyl (C=O) groups excluding carboxylic acids is 1. The molecule has 6 nitrogen and oxygen atoms in total. The van der Waals surface area contributed by atoms with Gasteiger partial charge in [-0.2, -0.15) is 0 Å². The van der Waals surface area contributed by atoms with Crippen molar-refractivity contribution in [1.29, 1.82) is 0 Å². The van der Waals surface area contributed by atoms with E-state index in [1.807, 2.05) is 12.3 Å². The molecule has 3 rings (SSSR count). The molecule has 0 bridgehead atoms. The van der Waals surface area contributed by atoms with Crippen molar-refractivity contribution in [2.24, 2.45) is 0 Å². The molecule has 3 aromatic rings. The zero-order valence-corrected chi connectivity index (χ0v) is 15.3. The fraction of sp³-hybridized carbons (Fsp3) is 0.188. The van der Waals surface area contributed by atoms with Gasteiger partial charge < -0.3 is 9.47 Å². The Kier molecular flexibility index (Phi) is 5.27. The van der Waals surface area contributed by atoms with Crippen LogP contribution >= 0.6 is 34.5 Å². The maximum Gasteiger partial charge on any atom is 0.344 e. The molecule has 0 saturated heterocycles. The van der Waals surface area contributed by atoms with Gasteiger partial charge in [0.05, 0.1) is 10.7 Å². The first kappa shape index (κ1) is 17.7. The summed E-state index contributed by atoms with van der Waals surface area (Å²) < 4.78 is 11.9. The summed E-state index contributed by atoms with van der Waals surface area (Å²) in [4.78, 5) is 28.7. The van der Waals surface area contributed by atoms with E-state index < -0.39 is 5.97 Å². The summed E-state index contributed by atoms with van der Waals surface area (Å²) in [7, 11) is 0. The molecule has 0 N–H and O–H groups in total. The third-order valence-corrected chi connectivity index (χ3v) is 4.72. The smallest absolute Gasteiger partial charge is 0.344 e. The molecule has 1 aromatic carbocycles. The van der Waals surface area contributed by atoms with E-state index in [0.29, 0.717) is 26.4 Å². The molecule has 0 aliphatic rings. The van der Waals surface area contributed by atoms with Crippen LogP contribution in [0, 0.1) is 6.92 Å². The topological polar surface area (TPSA) is 69.9 Å². The highest BCUT2D eigenvalue weighted by Gasteiger charge is 2.11. The van der Waals surface area contributed by atoms with Crippen molar-refractivity contribution >= 4 is 45.5 Å². The number of hydrogen-bond donors (Lipinski definition) is 0. The number of rotatable bonds is 5.